The number of Topliss-reactive ketones (excluding diaryl/α,β-unsaturated/α-hetero) is 1. The molecule has 0 saturated heterocycles. The molecule has 0 fully saturated rings. The fourth-order valence-electron chi connectivity index (χ4n) is 2.03. The van der Waals surface area contributed by atoms with E-state index in [1.807, 2.05) is 0 Å². The van der Waals surface area contributed by atoms with Gasteiger partial charge in [-0.3, -0.25) is 4.79 Å². The van der Waals surface area contributed by atoms with Crippen molar-refractivity contribution in [2.75, 3.05) is 0 Å². The molecule has 2 rings (SSSR count). The van der Waals surface area contributed by atoms with E-state index < -0.39 is 5.97 Å². The van der Waals surface area contributed by atoms with Gasteiger partial charge in [0, 0.05) is 12.0 Å². The summed E-state index contributed by atoms with van der Waals surface area (Å²) in [5.74, 6) is -1.42. The van der Waals surface area contributed by atoms with Crippen molar-refractivity contribution in [3.05, 3.63) is 65.2 Å². The predicted octanol–water partition coefficient (Wildman–Crippen LogP) is 2.14. The van der Waals surface area contributed by atoms with E-state index >= 15 is 0 Å². The lowest BCUT2D eigenvalue weighted by atomic mass is 9.98. The zero-order chi connectivity index (χ0) is 16.1. The van der Waals surface area contributed by atoms with Crippen molar-refractivity contribution in [2.45, 2.75) is 6.42 Å². The van der Waals surface area contributed by atoms with Gasteiger partial charge in [-0.2, -0.15) is 0 Å². The molecule has 23 heavy (non-hydrogen) atoms. The Balaban J connectivity index is 0.00000264. The number of guanidine groups is 1. The highest BCUT2D eigenvalue weighted by molar-refractivity contribution is 6.06. The summed E-state index contributed by atoms with van der Waals surface area (Å²) in [6.45, 7) is 0. The summed E-state index contributed by atoms with van der Waals surface area (Å²) in [6, 6.07) is 13.0. The number of nitrogens with two attached hydrogens (primary N) is 2. The zero-order valence-electron chi connectivity index (χ0n) is 12.1. The van der Waals surface area contributed by atoms with E-state index in [9.17, 15) is 9.59 Å². The lowest BCUT2D eigenvalue weighted by Gasteiger charge is -2.05. The molecular weight excluding hydrogens is 318 g/mol. The Kier molecular flexibility index (Phi) is 6.29. The molecule has 0 amide bonds. The van der Waals surface area contributed by atoms with Crippen LogP contribution in [-0.4, -0.2) is 22.8 Å². The predicted molar refractivity (Wildman–Crippen MR) is 90.6 cm³/mol. The summed E-state index contributed by atoms with van der Waals surface area (Å²) in [5, 5.41) is 9.11. The van der Waals surface area contributed by atoms with E-state index in [-0.39, 0.29) is 41.7 Å². The number of benzene rings is 2. The van der Waals surface area contributed by atoms with Crippen LogP contribution in [-0.2, 0) is 6.42 Å². The van der Waals surface area contributed by atoms with Crippen LogP contribution < -0.4 is 11.5 Å². The van der Waals surface area contributed by atoms with Crippen molar-refractivity contribution in [3.8, 4) is 0 Å². The third kappa shape index (κ3) is 4.82. The highest BCUT2D eigenvalue weighted by Crippen LogP contribution is 2.16. The Morgan fingerprint density at radius 1 is 0.957 bits per heavy atom. The summed E-state index contributed by atoms with van der Waals surface area (Å²) in [5.41, 5.74) is 12.1. The van der Waals surface area contributed by atoms with Crippen LogP contribution in [0.4, 0.5) is 5.69 Å². The summed E-state index contributed by atoms with van der Waals surface area (Å²) in [6.07, 6.45) is 0.104. The summed E-state index contributed by atoms with van der Waals surface area (Å²) in [7, 11) is 0. The molecule has 2 aromatic carbocycles. The van der Waals surface area contributed by atoms with Crippen LogP contribution >= 0.6 is 12.4 Å². The molecule has 0 aliphatic rings. The van der Waals surface area contributed by atoms with Gasteiger partial charge >= 0.3 is 5.97 Å². The molecule has 0 bridgehead atoms. The van der Waals surface area contributed by atoms with Gasteiger partial charge in [-0.25, -0.2) is 9.79 Å². The molecule has 2 aromatic rings. The van der Waals surface area contributed by atoms with Crippen molar-refractivity contribution in [1.82, 2.24) is 0 Å². The fourth-order valence-corrected chi connectivity index (χ4v) is 2.03. The molecule has 0 aliphatic carbocycles. The number of carbonyl (C=O) groups excluding carboxylic acids is 1. The molecule has 0 saturated carbocycles. The fraction of sp³-hybridized carbons (Fsp3) is 0.0625. The second-order valence-corrected chi connectivity index (χ2v) is 4.65. The van der Waals surface area contributed by atoms with E-state index in [1.54, 1.807) is 36.4 Å². The average molecular weight is 334 g/mol. The molecule has 6 nitrogen and oxygen atoms in total. The minimum absolute atomic E-state index is 0. The monoisotopic (exact) mass is 333 g/mol. The molecule has 7 heteroatoms. The Morgan fingerprint density at radius 2 is 1.52 bits per heavy atom. The van der Waals surface area contributed by atoms with Gasteiger partial charge in [0.2, 0.25) is 0 Å². The third-order valence-electron chi connectivity index (χ3n) is 3.02. The first-order chi connectivity index (χ1) is 10.5. The van der Waals surface area contributed by atoms with Crippen molar-refractivity contribution >= 4 is 35.8 Å². The number of hydrogen-bond acceptors (Lipinski definition) is 3. The van der Waals surface area contributed by atoms with E-state index in [4.69, 9.17) is 16.6 Å². The highest BCUT2D eigenvalue weighted by atomic mass is 35.5. The van der Waals surface area contributed by atoms with Gasteiger partial charge < -0.3 is 16.6 Å². The SMILES string of the molecule is Cl.NC(N)=Nc1ccc(CC(=O)c2ccccc2C(=O)O)cc1. The number of aromatic carboxylic acids is 1. The van der Waals surface area contributed by atoms with Crippen LogP contribution in [0.25, 0.3) is 0 Å². The van der Waals surface area contributed by atoms with Gasteiger partial charge in [-0.15, -0.1) is 12.4 Å². The second kappa shape index (κ2) is 7.95. The maximum atomic E-state index is 12.3. The van der Waals surface area contributed by atoms with Crippen LogP contribution in [0.2, 0.25) is 0 Å². The first-order valence-electron chi connectivity index (χ1n) is 6.51. The maximum Gasteiger partial charge on any atom is 0.336 e. The maximum absolute atomic E-state index is 12.3. The second-order valence-electron chi connectivity index (χ2n) is 4.65. The molecular formula is C16H16ClN3O3. The highest BCUT2D eigenvalue weighted by Gasteiger charge is 2.15. The van der Waals surface area contributed by atoms with Crippen molar-refractivity contribution < 1.29 is 14.7 Å². The number of ketones is 1. The van der Waals surface area contributed by atoms with Gasteiger partial charge in [0.1, 0.15) is 0 Å². The number of carboxylic acid groups (broad SMARTS) is 1. The first kappa shape index (κ1) is 18.2. The molecule has 0 unspecified atom stereocenters. The molecule has 0 radical (unpaired) electrons. The molecule has 0 aromatic heterocycles. The van der Waals surface area contributed by atoms with Crippen molar-refractivity contribution in [1.29, 1.82) is 0 Å². The Hall–Kier alpha value is -2.86. The topological polar surface area (TPSA) is 119 Å². The minimum Gasteiger partial charge on any atom is -0.478 e. The molecule has 0 spiro atoms. The Labute approximate surface area is 139 Å². The number of aliphatic imine (C=N–C) groups is 1. The van der Waals surface area contributed by atoms with Gasteiger partial charge in [0.15, 0.2) is 11.7 Å². The van der Waals surface area contributed by atoms with Gasteiger partial charge in [-0.1, -0.05) is 30.3 Å². The molecule has 0 heterocycles. The van der Waals surface area contributed by atoms with Crippen molar-refractivity contribution in [3.63, 3.8) is 0 Å². The number of hydrogen-bond donors (Lipinski definition) is 3. The minimum atomic E-state index is -1.12. The van der Waals surface area contributed by atoms with Crippen LogP contribution in [0.1, 0.15) is 26.3 Å². The summed E-state index contributed by atoms with van der Waals surface area (Å²) < 4.78 is 0. The van der Waals surface area contributed by atoms with E-state index in [0.29, 0.717) is 5.69 Å². The number of nitrogens with zero attached hydrogens (tertiary/aromatic N) is 1. The quantitative estimate of drug-likeness (QED) is 0.440. The lowest BCUT2D eigenvalue weighted by Crippen LogP contribution is -2.21. The standard InChI is InChI=1S/C16H15N3O3.ClH/c17-16(18)19-11-7-5-10(6-8-11)9-14(20)12-3-1-2-4-13(12)15(21)22;/h1-8H,9H2,(H,21,22)(H4,17,18,19);1H. The van der Waals surface area contributed by atoms with E-state index in [2.05, 4.69) is 4.99 Å². The third-order valence-corrected chi connectivity index (χ3v) is 3.02. The van der Waals surface area contributed by atoms with Crippen LogP contribution in [0.3, 0.4) is 0 Å². The summed E-state index contributed by atoms with van der Waals surface area (Å²) >= 11 is 0. The molecule has 5 N–H and O–H groups in total. The smallest absolute Gasteiger partial charge is 0.336 e. The zero-order valence-corrected chi connectivity index (χ0v) is 12.9. The van der Waals surface area contributed by atoms with Crippen molar-refractivity contribution in [2.24, 2.45) is 16.5 Å². The Morgan fingerprint density at radius 3 is 2.04 bits per heavy atom. The normalized spacial score (nSPS) is 9.57. The number of halogens is 1. The first-order valence-corrected chi connectivity index (χ1v) is 6.51. The Bertz CT molecular complexity index is 738. The molecule has 120 valence electrons. The molecule has 0 atom stereocenters. The lowest BCUT2D eigenvalue weighted by molar-refractivity contribution is 0.0692. The number of carboxylic acids is 1. The molecule has 0 aliphatic heterocycles. The van der Waals surface area contributed by atoms with Gasteiger partial charge in [-0.05, 0) is 23.8 Å². The van der Waals surface area contributed by atoms with Crippen LogP contribution in [0.5, 0.6) is 0 Å². The largest absolute Gasteiger partial charge is 0.478 e. The summed E-state index contributed by atoms with van der Waals surface area (Å²) in [4.78, 5) is 27.3. The van der Waals surface area contributed by atoms with Crippen LogP contribution in [0, 0.1) is 0 Å². The number of carbonyl (C=O) groups is 2. The van der Waals surface area contributed by atoms with E-state index in [0.717, 1.165) is 5.56 Å². The van der Waals surface area contributed by atoms with Crippen LogP contribution in [0.15, 0.2) is 53.5 Å². The van der Waals surface area contributed by atoms with Gasteiger partial charge in [0.25, 0.3) is 0 Å². The number of rotatable bonds is 5. The average Bonchev–Trinajstić information content (AvgIpc) is 2.48. The van der Waals surface area contributed by atoms with E-state index in [1.165, 1.54) is 12.1 Å². The van der Waals surface area contributed by atoms with Gasteiger partial charge in [0.05, 0.1) is 11.3 Å².